The molecule has 0 radical (unpaired) electrons. The van der Waals surface area contributed by atoms with Crippen LogP contribution in [0.2, 0.25) is 0 Å². The van der Waals surface area contributed by atoms with E-state index < -0.39 is 0 Å². The van der Waals surface area contributed by atoms with Crippen LogP contribution in [0, 0.1) is 6.92 Å². The molecule has 0 atom stereocenters. The van der Waals surface area contributed by atoms with E-state index in [1.165, 1.54) is 32.1 Å². The molecule has 1 N–H and O–H groups in total. The predicted molar refractivity (Wildman–Crippen MR) is 144 cm³/mol. The van der Waals surface area contributed by atoms with Gasteiger partial charge in [-0.2, -0.15) is 5.10 Å². The SMILES string of the molecule is CCCCCCCCOc1ccc(/C=N/NC(=O)c2ccc(-c3csc(C)n3)cc2)cc1OCC. The number of nitrogens with one attached hydrogen (secondary N) is 1. The lowest BCUT2D eigenvalue weighted by atomic mass is 10.1. The van der Waals surface area contributed by atoms with Crippen molar-refractivity contribution in [2.45, 2.75) is 59.3 Å². The van der Waals surface area contributed by atoms with Gasteiger partial charge in [-0.1, -0.05) is 51.2 Å². The third-order valence-corrected chi connectivity index (χ3v) is 6.24. The summed E-state index contributed by atoms with van der Waals surface area (Å²) in [5.74, 6) is 1.14. The summed E-state index contributed by atoms with van der Waals surface area (Å²) >= 11 is 1.60. The van der Waals surface area contributed by atoms with Gasteiger partial charge in [-0.3, -0.25) is 4.79 Å². The van der Waals surface area contributed by atoms with Gasteiger partial charge in [0.25, 0.3) is 5.91 Å². The van der Waals surface area contributed by atoms with Gasteiger partial charge in [0.2, 0.25) is 0 Å². The van der Waals surface area contributed by atoms with Gasteiger partial charge in [0.1, 0.15) is 0 Å². The lowest BCUT2D eigenvalue weighted by molar-refractivity contribution is 0.0955. The molecule has 7 heteroatoms. The average Bonchev–Trinajstić information content (AvgIpc) is 3.31. The first-order valence-corrected chi connectivity index (χ1v) is 13.2. The standard InChI is InChI=1S/C28H35N3O3S/c1-4-6-7-8-9-10-17-34-26-16-11-22(18-27(26)33-5-2)19-29-31-28(32)24-14-12-23(13-15-24)25-20-35-21(3)30-25/h11-16,18-20H,4-10,17H2,1-3H3,(H,31,32)/b29-19+. The van der Waals surface area contributed by atoms with Crippen LogP contribution in [-0.2, 0) is 0 Å². The molecule has 0 unspecified atom stereocenters. The molecule has 0 saturated carbocycles. The van der Waals surface area contributed by atoms with Crippen LogP contribution in [0.3, 0.4) is 0 Å². The van der Waals surface area contributed by atoms with Gasteiger partial charge in [-0.25, -0.2) is 10.4 Å². The van der Waals surface area contributed by atoms with Gasteiger partial charge < -0.3 is 9.47 Å². The van der Waals surface area contributed by atoms with Crippen molar-refractivity contribution in [3.8, 4) is 22.8 Å². The highest BCUT2D eigenvalue weighted by molar-refractivity contribution is 7.09. The maximum absolute atomic E-state index is 12.5. The van der Waals surface area contributed by atoms with Crippen molar-refractivity contribution in [3.63, 3.8) is 0 Å². The van der Waals surface area contributed by atoms with E-state index in [1.54, 1.807) is 29.7 Å². The molecule has 0 aliphatic carbocycles. The van der Waals surface area contributed by atoms with E-state index in [2.05, 4.69) is 22.4 Å². The molecule has 1 heterocycles. The molecule has 0 aliphatic rings. The second-order valence-corrected chi connectivity index (χ2v) is 9.35. The summed E-state index contributed by atoms with van der Waals surface area (Å²) < 4.78 is 11.7. The highest BCUT2D eigenvalue weighted by Gasteiger charge is 2.08. The zero-order valence-corrected chi connectivity index (χ0v) is 21.7. The third kappa shape index (κ3) is 8.51. The first-order valence-electron chi connectivity index (χ1n) is 12.4. The predicted octanol–water partition coefficient (Wildman–Crippen LogP) is 7.02. The lowest BCUT2D eigenvalue weighted by Gasteiger charge is -2.12. The number of hydrogen-bond donors (Lipinski definition) is 1. The molecular formula is C28H35N3O3S. The smallest absolute Gasteiger partial charge is 0.271 e. The number of ether oxygens (including phenoxy) is 2. The van der Waals surface area contributed by atoms with Crippen molar-refractivity contribution in [1.29, 1.82) is 0 Å². The molecule has 6 nitrogen and oxygen atoms in total. The Morgan fingerprint density at radius 2 is 1.77 bits per heavy atom. The number of carbonyl (C=O) groups is 1. The minimum Gasteiger partial charge on any atom is -0.490 e. The number of unbranched alkanes of at least 4 members (excludes halogenated alkanes) is 5. The first kappa shape index (κ1) is 26.4. The summed E-state index contributed by atoms with van der Waals surface area (Å²) in [7, 11) is 0. The minimum atomic E-state index is -0.272. The summed E-state index contributed by atoms with van der Waals surface area (Å²) in [6.07, 6.45) is 8.93. The zero-order valence-electron chi connectivity index (χ0n) is 20.9. The molecule has 0 fully saturated rings. The Morgan fingerprint density at radius 3 is 2.49 bits per heavy atom. The fourth-order valence-electron chi connectivity index (χ4n) is 3.58. The molecule has 0 saturated heterocycles. The van der Waals surface area contributed by atoms with Gasteiger partial charge in [-0.15, -0.1) is 11.3 Å². The Labute approximate surface area is 212 Å². The highest BCUT2D eigenvalue weighted by Crippen LogP contribution is 2.28. The fourth-order valence-corrected chi connectivity index (χ4v) is 4.20. The normalized spacial score (nSPS) is 11.1. The van der Waals surface area contributed by atoms with Gasteiger partial charge in [0.05, 0.1) is 30.1 Å². The van der Waals surface area contributed by atoms with Gasteiger partial charge >= 0.3 is 0 Å². The average molecular weight is 494 g/mol. The summed E-state index contributed by atoms with van der Waals surface area (Å²) in [5.41, 5.74) is 5.83. The van der Waals surface area contributed by atoms with Crippen molar-refractivity contribution in [2.75, 3.05) is 13.2 Å². The molecule has 3 aromatic rings. The number of hydrogen-bond acceptors (Lipinski definition) is 6. The van der Waals surface area contributed by atoms with E-state index in [9.17, 15) is 4.79 Å². The number of amides is 1. The van der Waals surface area contributed by atoms with E-state index in [1.807, 2.05) is 49.6 Å². The van der Waals surface area contributed by atoms with Crippen LogP contribution >= 0.6 is 11.3 Å². The quantitative estimate of drug-likeness (QED) is 0.149. The van der Waals surface area contributed by atoms with Crippen molar-refractivity contribution < 1.29 is 14.3 Å². The van der Waals surface area contributed by atoms with E-state index in [0.29, 0.717) is 24.5 Å². The highest BCUT2D eigenvalue weighted by atomic mass is 32.1. The van der Waals surface area contributed by atoms with Crippen LogP contribution in [0.15, 0.2) is 52.9 Å². The Hall–Kier alpha value is -3.19. The molecule has 2 aromatic carbocycles. The second kappa shape index (κ2) is 14.3. The van der Waals surface area contributed by atoms with Crippen LogP contribution in [0.5, 0.6) is 11.5 Å². The molecule has 186 valence electrons. The molecule has 0 bridgehead atoms. The number of thiazole rings is 1. The molecule has 1 amide bonds. The molecule has 0 spiro atoms. The summed E-state index contributed by atoms with van der Waals surface area (Å²) in [5, 5.41) is 7.14. The number of aromatic nitrogens is 1. The summed E-state index contributed by atoms with van der Waals surface area (Å²) in [6.45, 7) is 7.36. The number of carbonyl (C=O) groups excluding carboxylic acids is 1. The van der Waals surface area contributed by atoms with Crippen LogP contribution in [-0.4, -0.2) is 30.3 Å². The van der Waals surface area contributed by atoms with Crippen LogP contribution in [0.1, 0.15) is 73.3 Å². The molecule has 0 aliphatic heterocycles. The van der Waals surface area contributed by atoms with E-state index >= 15 is 0 Å². The first-order chi connectivity index (χ1) is 17.1. The lowest BCUT2D eigenvalue weighted by Crippen LogP contribution is -2.17. The topological polar surface area (TPSA) is 72.8 Å². The third-order valence-electron chi connectivity index (χ3n) is 5.46. The summed E-state index contributed by atoms with van der Waals surface area (Å²) in [4.78, 5) is 16.9. The van der Waals surface area contributed by atoms with Gasteiger partial charge in [0.15, 0.2) is 11.5 Å². The van der Waals surface area contributed by atoms with Crippen molar-refractivity contribution in [3.05, 3.63) is 64.0 Å². The minimum absolute atomic E-state index is 0.272. The zero-order chi connectivity index (χ0) is 24.9. The van der Waals surface area contributed by atoms with E-state index in [0.717, 1.165) is 34.0 Å². The Kier molecular flexibility index (Phi) is 10.8. The Bertz CT molecular complexity index is 1090. The second-order valence-electron chi connectivity index (χ2n) is 8.28. The number of hydrazone groups is 1. The van der Waals surface area contributed by atoms with E-state index in [-0.39, 0.29) is 5.91 Å². The maximum Gasteiger partial charge on any atom is 0.271 e. The van der Waals surface area contributed by atoms with Gasteiger partial charge in [-0.05, 0) is 56.2 Å². The van der Waals surface area contributed by atoms with Crippen LogP contribution in [0.4, 0.5) is 0 Å². The number of benzene rings is 2. The molecule has 3 rings (SSSR count). The Morgan fingerprint density at radius 1 is 1.00 bits per heavy atom. The Balaban J connectivity index is 1.52. The monoisotopic (exact) mass is 493 g/mol. The summed E-state index contributed by atoms with van der Waals surface area (Å²) in [6, 6.07) is 13.0. The molecule has 1 aromatic heterocycles. The van der Waals surface area contributed by atoms with Crippen molar-refractivity contribution >= 4 is 23.5 Å². The van der Waals surface area contributed by atoms with Gasteiger partial charge in [0, 0.05) is 16.5 Å². The molecule has 35 heavy (non-hydrogen) atoms. The number of nitrogens with zero attached hydrogens (tertiary/aromatic N) is 2. The number of rotatable bonds is 14. The largest absolute Gasteiger partial charge is 0.490 e. The van der Waals surface area contributed by atoms with Crippen molar-refractivity contribution in [1.82, 2.24) is 10.4 Å². The number of aryl methyl sites for hydroxylation is 1. The van der Waals surface area contributed by atoms with Crippen LogP contribution in [0.25, 0.3) is 11.3 Å². The van der Waals surface area contributed by atoms with E-state index in [4.69, 9.17) is 9.47 Å². The van der Waals surface area contributed by atoms with Crippen molar-refractivity contribution in [2.24, 2.45) is 5.10 Å². The van der Waals surface area contributed by atoms with Crippen LogP contribution < -0.4 is 14.9 Å². The fraction of sp³-hybridized carbons (Fsp3) is 0.393. The molecular weight excluding hydrogens is 458 g/mol. The maximum atomic E-state index is 12.5.